The Morgan fingerprint density at radius 1 is 1.40 bits per heavy atom. The summed E-state index contributed by atoms with van der Waals surface area (Å²) in [5.41, 5.74) is 4.05. The lowest BCUT2D eigenvalue weighted by Crippen LogP contribution is -2.14. The number of aldehydes is 1. The molecule has 3 heteroatoms. The fourth-order valence-electron chi connectivity index (χ4n) is 2.06. The standard InChI is InChI=1S/C12H17NO2/c1-12(2,3)11-8(6-14)9-7-15-5-4-10(9)13-11/h6,13H,4-5,7H2,1-3H3. The first kappa shape index (κ1) is 10.4. The molecule has 0 aromatic carbocycles. The molecular weight excluding hydrogens is 190 g/mol. The number of nitrogens with one attached hydrogen (secondary N) is 1. The zero-order valence-corrected chi connectivity index (χ0v) is 9.52. The van der Waals surface area contributed by atoms with Crippen LogP contribution in [0.15, 0.2) is 0 Å². The van der Waals surface area contributed by atoms with Gasteiger partial charge in [0.25, 0.3) is 0 Å². The van der Waals surface area contributed by atoms with E-state index in [4.69, 9.17) is 4.74 Å². The normalized spacial score (nSPS) is 16.2. The first-order valence-electron chi connectivity index (χ1n) is 5.31. The minimum Gasteiger partial charge on any atom is -0.376 e. The van der Waals surface area contributed by atoms with Gasteiger partial charge >= 0.3 is 0 Å². The van der Waals surface area contributed by atoms with Crippen molar-refractivity contribution in [1.82, 2.24) is 4.98 Å². The van der Waals surface area contributed by atoms with Gasteiger partial charge < -0.3 is 9.72 Å². The number of carbonyl (C=O) groups is 1. The second-order valence-electron chi connectivity index (χ2n) is 5.04. The van der Waals surface area contributed by atoms with Crippen molar-refractivity contribution >= 4 is 6.29 Å². The molecule has 1 aliphatic heterocycles. The van der Waals surface area contributed by atoms with Crippen molar-refractivity contribution in [3.63, 3.8) is 0 Å². The summed E-state index contributed by atoms with van der Waals surface area (Å²) in [6.45, 7) is 7.64. The lowest BCUT2D eigenvalue weighted by atomic mass is 9.89. The molecule has 0 atom stereocenters. The molecule has 1 N–H and O–H groups in total. The molecule has 1 aromatic rings. The summed E-state index contributed by atoms with van der Waals surface area (Å²) in [4.78, 5) is 14.5. The van der Waals surface area contributed by atoms with Crippen LogP contribution < -0.4 is 0 Å². The topological polar surface area (TPSA) is 42.1 Å². The second kappa shape index (κ2) is 3.49. The summed E-state index contributed by atoms with van der Waals surface area (Å²) in [6.07, 6.45) is 1.83. The van der Waals surface area contributed by atoms with Gasteiger partial charge in [-0.1, -0.05) is 20.8 Å². The highest BCUT2D eigenvalue weighted by Crippen LogP contribution is 2.30. The molecule has 0 fully saturated rings. The van der Waals surface area contributed by atoms with E-state index in [2.05, 4.69) is 25.8 Å². The van der Waals surface area contributed by atoms with E-state index < -0.39 is 0 Å². The molecule has 1 aromatic heterocycles. The molecule has 0 saturated heterocycles. The Bertz CT molecular complexity index is 385. The lowest BCUT2D eigenvalue weighted by Gasteiger charge is -2.17. The van der Waals surface area contributed by atoms with E-state index in [-0.39, 0.29) is 5.41 Å². The Balaban J connectivity index is 2.56. The Labute approximate surface area is 89.8 Å². The Morgan fingerprint density at radius 2 is 2.13 bits per heavy atom. The van der Waals surface area contributed by atoms with Gasteiger partial charge in [0.2, 0.25) is 0 Å². The summed E-state index contributed by atoms with van der Waals surface area (Å²) < 4.78 is 5.39. The highest BCUT2D eigenvalue weighted by atomic mass is 16.5. The van der Waals surface area contributed by atoms with Crippen LogP contribution >= 0.6 is 0 Å². The maximum Gasteiger partial charge on any atom is 0.152 e. The first-order chi connectivity index (χ1) is 7.04. The van der Waals surface area contributed by atoms with Crippen molar-refractivity contribution in [2.45, 2.75) is 39.2 Å². The van der Waals surface area contributed by atoms with Crippen LogP contribution in [0.3, 0.4) is 0 Å². The quantitative estimate of drug-likeness (QED) is 0.717. The summed E-state index contributed by atoms with van der Waals surface area (Å²) in [5, 5.41) is 0. The van der Waals surface area contributed by atoms with E-state index in [9.17, 15) is 4.79 Å². The van der Waals surface area contributed by atoms with Crippen molar-refractivity contribution in [3.8, 4) is 0 Å². The van der Waals surface area contributed by atoms with Gasteiger partial charge in [-0.15, -0.1) is 0 Å². The molecule has 0 bridgehead atoms. The van der Waals surface area contributed by atoms with Crippen LogP contribution in [-0.2, 0) is 23.2 Å². The minimum absolute atomic E-state index is 0.0203. The van der Waals surface area contributed by atoms with E-state index in [0.29, 0.717) is 6.61 Å². The van der Waals surface area contributed by atoms with Gasteiger partial charge in [0.05, 0.1) is 13.2 Å². The van der Waals surface area contributed by atoms with Gasteiger partial charge in [-0.25, -0.2) is 0 Å². The summed E-state index contributed by atoms with van der Waals surface area (Å²) in [6, 6.07) is 0. The van der Waals surface area contributed by atoms with Gasteiger partial charge in [-0.05, 0) is 0 Å². The maximum atomic E-state index is 11.1. The largest absolute Gasteiger partial charge is 0.376 e. The van der Waals surface area contributed by atoms with Crippen LogP contribution in [0.25, 0.3) is 0 Å². The monoisotopic (exact) mass is 207 g/mol. The molecule has 0 radical (unpaired) electrons. The molecule has 0 spiro atoms. The fourth-order valence-corrected chi connectivity index (χ4v) is 2.06. The number of aromatic amines is 1. The van der Waals surface area contributed by atoms with E-state index >= 15 is 0 Å². The van der Waals surface area contributed by atoms with Crippen molar-refractivity contribution in [2.75, 3.05) is 6.61 Å². The molecule has 2 heterocycles. The van der Waals surface area contributed by atoms with E-state index in [1.807, 2.05) is 0 Å². The SMILES string of the molecule is CC(C)(C)c1[nH]c2c(c1C=O)COCC2. The molecule has 82 valence electrons. The molecule has 2 rings (SSSR count). The smallest absolute Gasteiger partial charge is 0.152 e. The number of carbonyl (C=O) groups excluding carboxylic acids is 1. The van der Waals surface area contributed by atoms with Crippen molar-refractivity contribution in [1.29, 1.82) is 0 Å². The third-order valence-electron chi connectivity index (χ3n) is 2.85. The third kappa shape index (κ3) is 1.72. The zero-order valence-electron chi connectivity index (χ0n) is 9.52. The maximum absolute atomic E-state index is 11.1. The Hall–Kier alpha value is -1.09. The number of hydrogen-bond donors (Lipinski definition) is 1. The van der Waals surface area contributed by atoms with Crippen LogP contribution in [0, 0.1) is 0 Å². The van der Waals surface area contributed by atoms with Crippen molar-refractivity contribution < 1.29 is 9.53 Å². The molecule has 0 unspecified atom stereocenters. The Morgan fingerprint density at radius 3 is 2.73 bits per heavy atom. The molecule has 0 aliphatic carbocycles. The molecule has 0 amide bonds. The lowest BCUT2D eigenvalue weighted by molar-refractivity contribution is 0.105. The second-order valence-corrected chi connectivity index (χ2v) is 5.04. The number of aromatic nitrogens is 1. The van der Waals surface area contributed by atoms with Crippen LogP contribution in [0.4, 0.5) is 0 Å². The number of ether oxygens (including phenoxy) is 1. The van der Waals surface area contributed by atoms with Gasteiger partial charge in [-0.2, -0.15) is 0 Å². The van der Waals surface area contributed by atoms with Crippen molar-refractivity contribution in [3.05, 3.63) is 22.5 Å². The predicted octanol–water partition coefficient (Wildman–Crippen LogP) is 2.20. The summed E-state index contributed by atoms with van der Waals surface area (Å²) in [7, 11) is 0. The average molecular weight is 207 g/mol. The van der Waals surface area contributed by atoms with Crippen molar-refractivity contribution in [2.24, 2.45) is 0 Å². The van der Waals surface area contributed by atoms with Crippen LogP contribution in [-0.4, -0.2) is 17.9 Å². The first-order valence-corrected chi connectivity index (χ1v) is 5.31. The van der Waals surface area contributed by atoms with Gasteiger partial charge in [0, 0.05) is 34.4 Å². The highest BCUT2D eigenvalue weighted by molar-refractivity contribution is 5.80. The molecule has 3 nitrogen and oxygen atoms in total. The predicted molar refractivity (Wildman–Crippen MR) is 58.2 cm³/mol. The van der Waals surface area contributed by atoms with E-state index in [1.54, 1.807) is 0 Å². The van der Waals surface area contributed by atoms with E-state index in [0.717, 1.165) is 36.1 Å². The van der Waals surface area contributed by atoms with Crippen LogP contribution in [0.2, 0.25) is 0 Å². The highest BCUT2D eigenvalue weighted by Gasteiger charge is 2.26. The number of fused-ring (bicyclic) bond motifs is 1. The van der Waals surface area contributed by atoms with Crippen LogP contribution in [0.1, 0.15) is 48.1 Å². The minimum atomic E-state index is -0.0203. The number of H-pyrrole nitrogens is 1. The van der Waals surface area contributed by atoms with Gasteiger partial charge in [0.15, 0.2) is 6.29 Å². The summed E-state index contributed by atoms with van der Waals surface area (Å²) >= 11 is 0. The summed E-state index contributed by atoms with van der Waals surface area (Å²) in [5.74, 6) is 0. The van der Waals surface area contributed by atoms with Crippen LogP contribution in [0.5, 0.6) is 0 Å². The number of hydrogen-bond acceptors (Lipinski definition) is 2. The molecule has 15 heavy (non-hydrogen) atoms. The third-order valence-corrected chi connectivity index (χ3v) is 2.85. The van der Waals surface area contributed by atoms with E-state index in [1.165, 1.54) is 5.69 Å². The molecule has 1 aliphatic rings. The fraction of sp³-hybridized carbons (Fsp3) is 0.583. The van der Waals surface area contributed by atoms with Gasteiger partial charge in [0.1, 0.15) is 0 Å². The van der Waals surface area contributed by atoms with Gasteiger partial charge in [-0.3, -0.25) is 4.79 Å². The average Bonchev–Trinajstić information content (AvgIpc) is 2.55. The molecule has 0 saturated carbocycles. The molecular formula is C12H17NO2. The Kier molecular flexibility index (Phi) is 2.43. The zero-order chi connectivity index (χ0) is 11.1. The number of rotatable bonds is 1.